The Morgan fingerprint density at radius 2 is 2.00 bits per heavy atom. The van der Waals surface area contributed by atoms with Gasteiger partial charge in [-0.05, 0) is 30.9 Å². The lowest BCUT2D eigenvalue weighted by molar-refractivity contribution is -0.131. The summed E-state index contributed by atoms with van der Waals surface area (Å²) in [6, 6.07) is 6.42. The Bertz CT molecular complexity index is 758. The van der Waals surface area contributed by atoms with Gasteiger partial charge in [-0.1, -0.05) is 37.3 Å². The molecule has 140 valence electrons. The van der Waals surface area contributed by atoms with Gasteiger partial charge in [0.2, 0.25) is 0 Å². The van der Waals surface area contributed by atoms with Crippen molar-refractivity contribution in [1.82, 2.24) is 31.1 Å². The van der Waals surface area contributed by atoms with Crippen LogP contribution in [-0.2, 0) is 11.3 Å². The average Bonchev–Trinajstić information content (AvgIpc) is 3.07. The Hall–Kier alpha value is -2.94. The molecule has 9 heteroatoms. The van der Waals surface area contributed by atoms with Gasteiger partial charge in [-0.2, -0.15) is 0 Å². The third-order valence-corrected chi connectivity index (χ3v) is 3.77. The molecule has 9 nitrogen and oxygen atoms in total. The van der Waals surface area contributed by atoms with Crippen LogP contribution in [0, 0.1) is 12.8 Å². The van der Waals surface area contributed by atoms with Crippen LogP contribution in [0.1, 0.15) is 31.5 Å². The van der Waals surface area contributed by atoms with Crippen molar-refractivity contribution in [3.8, 4) is 5.69 Å². The standard InChI is InChI=1S/C17H24N6O3/c1-11(2)8-14(16(24)21-26)19-17(25)18-9-13-10-23(22-20-13)15-7-5-4-6-12(15)3/h4-7,10-11,14,26H,8-9H2,1-3H3,(H,21,24)(H2,18,19,25)/t14-/m0/s1. The Balaban J connectivity index is 1.93. The number of nitrogens with one attached hydrogen (secondary N) is 3. The number of carbonyl (C=O) groups is 2. The Kier molecular flexibility index (Phi) is 6.67. The first-order valence-electron chi connectivity index (χ1n) is 8.36. The molecule has 1 aromatic heterocycles. The van der Waals surface area contributed by atoms with Crippen molar-refractivity contribution in [2.45, 2.75) is 39.8 Å². The van der Waals surface area contributed by atoms with Crippen LogP contribution < -0.4 is 16.1 Å². The van der Waals surface area contributed by atoms with Gasteiger partial charge in [-0.3, -0.25) is 10.0 Å². The number of carbonyl (C=O) groups excluding carboxylic acids is 2. The number of hydroxylamine groups is 1. The van der Waals surface area contributed by atoms with Gasteiger partial charge in [0.05, 0.1) is 18.4 Å². The van der Waals surface area contributed by atoms with Crippen LogP contribution >= 0.6 is 0 Å². The summed E-state index contributed by atoms with van der Waals surface area (Å²) in [5.74, 6) is -0.481. The van der Waals surface area contributed by atoms with Crippen LogP contribution in [-0.4, -0.2) is 38.2 Å². The molecule has 0 saturated carbocycles. The number of para-hydroxylation sites is 1. The number of aromatic nitrogens is 3. The van der Waals surface area contributed by atoms with Crippen LogP contribution in [0.25, 0.3) is 5.69 Å². The number of urea groups is 1. The van der Waals surface area contributed by atoms with E-state index in [4.69, 9.17) is 5.21 Å². The third kappa shape index (κ3) is 5.28. The van der Waals surface area contributed by atoms with Gasteiger partial charge < -0.3 is 10.6 Å². The highest BCUT2D eigenvalue weighted by Crippen LogP contribution is 2.12. The fourth-order valence-corrected chi connectivity index (χ4v) is 2.48. The summed E-state index contributed by atoms with van der Waals surface area (Å²) < 4.78 is 1.64. The summed E-state index contributed by atoms with van der Waals surface area (Å²) in [5.41, 5.74) is 4.11. The minimum absolute atomic E-state index is 0.160. The van der Waals surface area contributed by atoms with E-state index in [0.29, 0.717) is 12.1 Å². The molecule has 2 rings (SSSR count). The lowest BCUT2D eigenvalue weighted by atomic mass is 10.0. The van der Waals surface area contributed by atoms with Crippen molar-refractivity contribution in [2.24, 2.45) is 5.92 Å². The fourth-order valence-electron chi connectivity index (χ4n) is 2.48. The number of nitrogens with zero attached hydrogens (tertiary/aromatic N) is 3. The Morgan fingerprint density at radius 3 is 2.65 bits per heavy atom. The Morgan fingerprint density at radius 1 is 1.27 bits per heavy atom. The number of hydrogen-bond donors (Lipinski definition) is 4. The lowest BCUT2D eigenvalue weighted by Crippen LogP contribution is -2.49. The highest BCUT2D eigenvalue weighted by Gasteiger charge is 2.21. The monoisotopic (exact) mass is 360 g/mol. The number of amides is 3. The van der Waals surface area contributed by atoms with Crippen LogP contribution in [0.15, 0.2) is 30.5 Å². The van der Waals surface area contributed by atoms with E-state index in [1.165, 1.54) is 0 Å². The van der Waals surface area contributed by atoms with Crippen molar-refractivity contribution in [2.75, 3.05) is 0 Å². The van der Waals surface area contributed by atoms with Crippen LogP contribution in [0.4, 0.5) is 4.79 Å². The number of benzene rings is 1. The van der Waals surface area contributed by atoms with E-state index in [2.05, 4.69) is 20.9 Å². The van der Waals surface area contributed by atoms with E-state index in [9.17, 15) is 9.59 Å². The summed E-state index contributed by atoms with van der Waals surface area (Å²) in [7, 11) is 0. The number of aryl methyl sites for hydroxylation is 1. The molecule has 4 N–H and O–H groups in total. The SMILES string of the molecule is Cc1ccccc1-n1cc(CNC(=O)N[C@@H](CC(C)C)C(=O)NO)nn1. The maximum atomic E-state index is 12.0. The highest BCUT2D eigenvalue weighted by atomic mass is 16.5. The minimum Gasteiger partial charge on any atom is -0.332 e. The molecule has 1 atom stereocenters. The largest absolute Gasteiger partial charge is 0.332 e. The average molecular weight is 360 g/mol. The normalized spacial score (nSPS) is 11.9. The Labute approximate surface area is 151 Å². The molecule has 0 saturated heterocycles. The van der Waals surface area contributed by atoms with Gasteiger partial charge in [-0.25, -0.2) is 15.0 Å². The predicted molar refractivity (Wildman–Crippen MR) is 94.6 cm³/mol. The summed E-state index contributed by atoms with van der Waals surface area (Å²) in [4.78, 5) is 23.6. The molecule has 0 spiro atoms. The molecule has 0 aliphatic rings. The molecule has 3 amide bonds. The molecule has 0 aliphatic heterocycles. The maximum Gasteiger partial charge on any atom is 0.315 e. The summed E-state index contributed by atoms with van der Waals surface area (Å²) in [6.45, 7) is 5.97. The molecule has 1 aromatic carbocycles. The summed E-state index contributed by atoms with van der Waals surface area (Å²) in [5, 5.41) is 22.1. The van der Waals surface area contributed by atoms with Gasteiger partial charge in [0.15, 0.2) is 0 Å². The molecule has 0 radical (unpaired) electrons. The van der Waals surface area contributed by atoms with Gasteiger partial charge in [0.1, 0.15) is 11.7 Å². The zero-order chi connectivity index (χ0) is 19.1. The number of hydrogen-bond acceptors (Lipinski definition) is 5. The van der Waals surface area contributed by atoms with Crippen LogP contribution in [0.3, 0.4) is 0 Å². The van der Waals surface area contributed by atoms with Crippen molar-refractivity contribution >= 4 is 11.9 Å². The van der Waals surface area contributed by atoms with Crippen molar-refractivity contribution in [3.05, 3.63) is 41.7 Å². The molecule has 26 heavy (non-hydrogen) atoms. The molecule has 2 aromatic rings. The quantitative estimate of drug-likeness (QED) is 0.438. The van der Waals surface area contributed by atoms with Crippen LogP contribution in [0.2, 0.25) is 0 Å². The van der Waals surface area contributed by atoms with Gasteiger partial charge >= 0.3 is 6.03 Å². The zero-order valence-electron chi connectivity index (χ0n) is 15.1. The van der Waals surface area contributed by atoms with Gasteiger partial charge in [-0.15, -0.1) is 5.10 Å². The van der Waals surface area contributed by atoms with E-state index < -0.39 is 18.0 Å². The second kappa shape index (κ2) is 8.95. The first-order valence-corrected chi connectivity index (χ1v) is 8.36. The van der Waals surface area contributed by atoms with E-state index in [-0.39, 0.29) is 12.5 Å². The van der Waals surface area contributed by atoms with Crippen molar-refractivity contribution in [1.29, 1.82) is 0 Å². The van der Waals surface area contributed by atoms with E-state index >= 15 is 0 Å². The maximum absolute atomic E-state index is 12.0. The highest BCUT2D eigenvalue weighted by molar-refractivity contribution is 5.86. The van der Waals surface area contributed by atoms with E-state index in [1.807, 2.05) is 45.0 Å². The predicted octanol–water partition coefficient (Wildman–Crippen LogP) is 1.30. The first-order chi connectivity index (χ1) is 12.4. The lowest BCUT2D eigenvalue weighted by Gasteiger charge is -2.18. The second-order valence-electron chi connectivity index (χ2n) is 6.43. The first kappa shape index (κ1) is 19.4. The molecule has 0 unspecified atom stereocenters. The molecule has 1 heterocycles. The summed E-state index contributed by atoms with van der Waals surface area (Å²) in [6.07, 6.45) is 2.14. The molecule has 0 fully saturated rings. The third-order valence-electron chi connectivity index (χ3n) is 3.77. The second-order valence-corrected chi connectivity index (χ2v) is 6.43. The molecule has 0 aliphatic carbocycles. The van der Waals surface area contributed by atoms with Gasteiger partial charge in [0, 0.05) is 0 Å². The van der Waals surface area contributed by atoms with Crippen LogP contribution in [0.5, 0.6) is 0 Å². The smallest absolute Gasteiger partial charge is 0.315 e. The number of rotatable bonds is 7. The summed E-state index contributed by atoms with van der Waals surface area (Å²) >= 11 is 0. The molecular weight excluding hydrogens is 336 g/mol. The van der Waals surface area contributed by atoms with E-state index in [1.54, 1.807) is 16.4 Å². The van der Waals surface area contributed by atoms with Crippen molar-refractivity contribution in [3.63, 3.8) is 0 Å². The zero-order valence-corrected chi connectivity index (χ0v) is 15.1. The molecular formula is C17H24N6O3. The fraction of sp³-hybridized carbons (Fsp3) is 0.412. The van der Waals surface area contributed by atoms with Crippen molar-refractivity contribution < 1.29 is 14.8 Å². The topological polar surface area (TPSA) is 121 Å². The minimum atomic E-state index is -0.817. The molecule has 0 bridgehead atoms. The van der Waals surface area contributed by atoms with Gasteiger partial charge in [0.25, 0.3) is 5.91 Å². The van der Waals surface area contributed by atoms with E-state index in [0.717, 1.165) is 11.3 Å².